The second kappa shape index (κ2) is 8.66. The average molecular weight is 447 g/mol. The zero-order chi connectivity index (χ0) is 22.1. The molecule has 4 rings (SSSR count). The first-order valence-electron chi connectivity index (χ1n) is 10.4. The van der Waals surface area contributed by atoms with Gasteiger partial charge in [-0.1, -0.05) is 11.6 Å². The molecular weight excluding hydrogens is 420 g/mol. The number of halogens is 1. The van der Waals surface area contributed by atoms with Crippen molar-refractivity contribution in [3.05, 3.63) is 41.2 Å². The van der Waals surface area contributed by atoms with Gasteiger partial charge in [0.15, 0.2) is 0 Å². The molecule has 166 valence electrons. The van der Waals surface area contributed by atoms with Crippen molar-refractivity contribution in [1.82, 2.24) is 24.9 Å². The number of anilines is 1. The van der Waals surface area contributed by atoms with E-state index in [9.17, 15) is 14.4 Å². The maximum Gasteiger partial charge on any atom is 0.319 e. The summed E-state index contributed by atoms with van der Waals surface area (Å²) < 4.78 is 0. The van der Waals surface area contributed by atoms with E-state index in [2.05, 4.69) is 15.5 Å². The van der Waals surface area contributed by atoms with Crippen molar-refractivity contribution in [1.29, 1.82) is 0 Å². The highest BCUT2D eigenvalue weighted by Gasteiger charge is 2.41. The third-order valence-electron chi connectivity index (χ3n) is 5.92. The highest BCUT2D eigenvalue weighted by atomic mass is 35.5. The Morgan fingerprint density at radius 2 is 1.81 bits per heavy atom. The van der Waals surface area contributed by atoms with Gasteiger partial charge in [-0.3, -0.25) is 9.59 Å². The number of benzene rings is 1. The lowest BCUT2D eigenvalue weighted by Gasteiger charge is -2.37. The number of nitrogens with one attached hydrogen (secondary N) is 2. The van der Waals surface area contributed by atoms with Crippen molar-refractivity contribution < 1.29 is 14.4 Å². The fourth-order valence-corrected chi connectivity index (χ4v) is 4.42. The second-order valence-electron chi connectivity index (χ2n) is 8.25. The molecule has 3 aliphatic heterocycles. The van der Waals surface area contributed by atoms with E-state index < -0.39 is 12.1 Å². The van der Waals surface area contributed by atoms with E-state index in [0.29, 0.717) is 30.5 Å². The Morgan fingerprint density at radius 3 is 2.45 bits per heavy atom. The largest absolute Gasteiger partial charge is 0.361 e. The number of nitrogens with zero attached hydrogens (tertiary/aromatic N) is 4. The number of fused-ring (bicyclic) bond motifs is 1. The summed E-state index contributed by atoms with van der Waals surface area (Å²) in [6.45, 7) is 4.15. The number of hydrogen-bond donors (Lipinski definition) is 2. The second-order valence-corrected chi connectivity index (χ2v) is 8.69. The van der Waals surface area contributed by atoms with Gasteiger partial charge in [0.1, 0.15) is 11.7 Å². The predicted octanol–water partition coefficient (Wildman–Crippen LogP) is 1.69. The quantitative estimate of drug-likeness (QED) is 0.734. The van der Waals surface area contributed by atoms with Crippen LogP contribution in [0.2, 0.25) is 5.02 Å². The van der Waals surface area contributed by atoms with Crippen LogP contribution >= 0.6 is 11.6 Å². The minimum atomic E-state index is -0.650. The fourth-order valence-electron chi connectivity index (χ4n) is 4.30. The van der Waals surface area contributed by atoms with Gasteiger partial charge in [-0.05, 0) is 44.0 Å². The first-order valence-corrected chi connectivity index (χ1v) is 10.8. The van der Waals surface area contributed by atoms with Crippen molar-refractivity contribution in [2.45, 2.75) is 31.8 Å². The first-order chi connectivity index (χ1) is 14.8. The van der Waals surface area contributed by atoms with Crippen LogP contribution in [0, 0.1) is 0 Å². The number of piperidine rings is 1. The molecule has 2 saturated heterocycles. The maximum atomic E-state index is 12.8. The number of rotatable bonds is 4. The van der Waals surface area contributed by atoms with Gasteiger partial charge in [0.05, 0.1) is 13.3 Å². The van der Waals surface area contributed by atoms with Gasteiger partial charge in [0.2, 0.25) is 5.91 Å². The number of likely N-dealkylation sites (tertiary alicyclic amines) is 1. The molecule has 0 radical (unpaired) electrons. The lowest BCUT2D eigenvalue weighted by molar-refractivity contribution is -0.135. The molecule has 4 amide bonds. The van der Waals surface area contributed by atoms with Crippen LogP contribution in [0.1, 0.15) is 19.8 Å². The van der Waals surface area contributed by atoms with Gasteiger partial charge in [0.25, 0.3) is 5.91 Å². The van der Waals surface area contributed by atoms with Gasteiger partial charge in [-0.15, -0.1) is 0 Å². The maximum absolute atomic E-state index is 12.8. The molecule has 0 aromatic heterocycles. The number of carbonyl (C=O) groups is 3. The molecule has 0 saturated carbocycles. The number of amides is 4. The Hall–Kier alpha value is -2.94. The SMILES string of the molecule is C[C@@H](NC(=O)Nc1ccc(Cl)cc1)C(=O)N1CCC(N2CN3CN(C)C=C3C2=O)CC1. The van der Waals surface area contributed by atoms with Gasteiger partial charge in [-0.25, -0.2) is 4.79 Å². The topological polar surface area (TPSA) is 88.2 Å². The molecule has 1 aromatic rings. The molecule has 0 bridgehead atoms. The molecule has 10 heteroatoms. The lowest BCUT2D eigenvalue weighted by Crippen LogP contribution is -2.53. The molecule has 0 aliphatic carbocycles. The van der Waals surface area contributed by atoms with Crippen LogP contribution in [-0.4, -0.2) is 83.0 Å². The summed E-state index contributed by atoms with van der Waals surface area (Å²) in [5, 5.41) is 5.96. The van der Waals surface area contributed by atoms with Crippen LogP contribution in [0.5, 0.6) is 0 Å². The van der Waals surface area contributed by atoms with Gasteiger partial charge in [0, 0.05) is 43.1 Å². The minimum absolute atomic E-state index is 0.0723. The monoisotopic (exact) mass is 446 g/mol. The molecule has 1 aromatic carbocycles. The summed E-state index contributed by atoms with van der Waals surface area (Å²) in [6.07, 6.45) is 3.36. The van der Waals surface area contributed by atoms with Crippen molar-refractivity contribution in [2.75, 3.05) is 38.8 Å². The highest BCUT2D eigenvalue weighted by Crippen LogP contribution is 2.29. The Bertz CT molecular complexity index is 897. The highest BCUT2D eigenvalue weighted by molar-refractivity contribution is 6.30. The summed E-state index contributed by atoms with van der Waals surface area (Å²) in [4.78, 5) is 45.4. The van der Waals surface area contributed by atoms with Gasteiger partial charge >= 0.3 is 6.03 Å². The molecular formula is C21H27ClN6O3. The Labute approximate surface area is 186 Å². The fraction of sp³-hybridized carbons (Fsp3) is 0.476. The number of carbonyl (C=O) groups excluding carboxylic acids is 3. The van der Waals surface area contributed by atoms with Crippen molar-refractivity contribution in [3.63, 3.8) is 0 Å². The molecule has 0 spiro atoms. The van der Waals surface area contributed by atoms with Gasteiger partial charge in [-0.2, -0.15) is 0 Å². The normalized spacial score (nSPS) is 20.0. The Morgan fingerprint density at radius 1 is 1.13 bits per heavy atom. The third kappa shape index (κ3) is 4.56. The Kier molecular flexibility index (Phi) is 5.95. The summed E-state index contributed by atoms with van der Waals surface area (Å²) in [5.74, 6) is -0.0505. The predicted molar refractivity (Wildman–Crippen MR) is 117 cm³/mol. The molecule has 31 heavy (non-hydrogen) atoms. The third-order valence-corrected chi connectivity index (χ3v) is 6.17. The summed E-state index contributed by atoms with van der Waals surface area (Å²) in [5.41, 5.74) is 1.35. The van der Waals surface area contributed by atoms with Crippen LogP contribution in [-0.2, 0) is 9.59 Å². The Balaban J connectivity index is 1.25. The molecule has 2 N–H and O–H groups in total. The molecule has 2 fully saturated rings. The van der Waals surface area contributed by atoms with Crippen LogP contribution in [0.3, 0.4) is 0 Å². The number of hydrogen-bond acceptors (Lipinski definition) is 5. The standard InChI is InChI=1S/C21H27ClN6O3/c1-14(23-21(31)24-16-5-3-15(22)4-6-16)19(29)26-9-7-17(8-10-26)28-13-27-12-25(2)11-18(27)20(28)30/h3-6,11,14,17H,7-10,12-13H2,1-2H3,(H2,23,24,31)/t14-/m1/s1. The van der Waals surface area contributed by atoms with Crippen LogP contribution in [0.4, 0.5) is 10.5 Å². The first kappa shape index (κ1) is 21.3. The lowest BCUT2D eigenvalue weighted by atomic mass is 10.0. The summed E-state index contributed by atoms with van der Waals surface area (Å²) in [6, 6.07) is 5.78. The summed E-state index contributed by atoms with van der Waals surface area (Å²) in [7, 11) is 1.96. The van der Waals surface area contributed by atoms with Crippen molar-refractivity contribution in [3.8, 4) is 0 Å². The smallest absolute Gasteiger partial charge is 0.319 e. The van der Waals surface area contributed by atoms with E-state index in [4.69, 9.17) is 11.6 Å². The van der Waals surface area contributed by atoms with E-state index in [1.807, 2.05) is 23.0 Å². The van der Waals surface area contributed by atoms with E-state index in [0.717, 1.165) is 25.2 Å². The molecule has 0 unspecified atom stereocenters. The average Bonchev–Trinajstić information content (AvgIpc) is 3.26. The van der Waals surface area contributed by atoms with Crippen LogP contribution < -0.4 is 10.6 Å². The number of urea groups is 1. The zero-order valence-electron chi connectivity index (χ0n) is 17.7. The summed E-state index contributed by atoms with van der Waals surface area (Å²) >= 11 is 5.84. The van der Waals surface area contributed by atoms with E-state index in [1.165, 1.54) is 0 Å². The van der Waals surface area contributed by atoms with Crippen LogP contribution in [0.25, 0.3) is 0 Å². The zero-order valence-corrected chi connectivity index (χ0v) is 18.4. The van der Waals surface area contributed by atoms with Gasteiger partial charge < -0.3 is 30.2 Å². The minimum Gasteiger partial charge on any atom is -0.361 e. The van der Waals surface area contributed by atoms with Crippen molar-refractivity contribution >= 4 is 35.1 Å². The van der Waals surface area contributed by atoms with E-state index in [1.54, 1.807) is 36.1 Å². The van der Waals surface area contributed by atoms with E-state index >= 15 is 0 Å². The molecule has 3 heterocycles. The van der Waals surface area contributed by atoms with Crippen LogP contribution in [0.15, 0.2) is 36.2 Å². The molecule has 1 atom stereocenters. The molecule has 3 aliphatic rings. The van der Waals surface area contributed by atoms with E-state index in [-0.39, 0.29) is 17.9 Å². The van der Waals surface area contributed by atoms with Crippen molar-refractivity contribution in [2.24, 2.45) is 0 Å². The molecule has 9 nitrogen and oxygen atoms in total.